The van der Waals surface area contributed by atoms with Crippen molar-refractivity contribution in [3.8, 4) is 11.3 Å². The highest BCUT2D eigenvalue weighted by molar-refractivity contribution is 7.70. The van der Waals surface area contributed by atoms with Crippen LogP contribution in [0.25, 0.3) is 28.1 Å². The number of rotatable bonds is 4. The third-order valence-electron chi connectivity index (χ3n) is 5.01. The van der Waals surface area contributed by atoms with Gasteiger partial charge in [-0.3, -0.25) is 0 Å². The molecule has 150 valence electrons. The lowest BCUT2D eigenvalue weighted by atomic mass is 10.2. The maximum Gasteiger partial charge on any atom is 0.221 e. The highest BCUT2D eigenvalue weighted by Crippen LogP contribution is 2.35. The van der Waals surface area contributed by atoms with Crippen LogP contribution in [0.4, 0.5) is 0 Å². The Bertz CT molecular complexity index is 1420. The Morgan fingerprint density at radius 1 is 1.07 bits per heavy atom. The van der Waals surface area contributed by atoms with Gasteiger partial charge in [-0.25, -0.2) is 14.6 Å². The summed E-state index contributed by atoms with van der Waals surface area (Å²) >= 11 is 6.74. The summed E-state index contributed by atoms with van der Waals surface area (Å²) in [4.78, 5) is 9.10. The molecule has 0 amide bonds. The van der Waals surface area contributed by atoms with E-state index in [0.29, 0.717) is 17.0 Å². The monoisotopic (exact) mass is 436 g/mol. The minimum Gasteiger partial charge on any atom is -0.323 e. The van der Waals surface area contributed by atoms with Gasteiger partial charge in [0.15, 0.2) is 11.1 Å². The first-order chi connectivity index (χ1) is 14.4. The molecule has 0 spiro atoms. The zero-order chi connectivity index (χ0) is 20.9. The standard InChI is InChI=1S/C21H18ClN6OP/c1-30(2,29)17-9-6-14(7-10-17)18-12-23-20-21(24-18)28(26-25-20)19(22)15-5-8-16-4-3-11-27(16)13-15/h3-13,19H,1-2H3. The molecule has 1 aromatic carbocycles. The van der Waals surface area contributed by atoms with Gasteiger partial charge >= 0.3 is 0 Å². The number of hydrogen-bond acceptors (Lipinski definition) is 5. The molecule has 5 rings (SSSR count). The van der Waals surface area contributed by atoms with Crippen LogP contribution in [0.5, 0.6) is 0 Å². The third-order valence-corrected chi connectivity index (χ3v) is 6.99. The lowest BCUT2D eigenvalue weighted by molar-refractivity contribution is 0.588. The Morgan fingerprint density at radius 2 is 1.87 bits per heavy atom. The van der Waals surface area contributed by atoms with Gasteiger partial charge in [0.25, 0.3) is 0 Å². The van der Waals surface area contributed by atoms with Gasteiger partial charge in [-0.15, -0.1) is 5.10 Å². The van der Waals surface area contributed by atoms with Gasteiger partial charge in [-0.05, 0) is 31.5 Å². The SMILES string of the molecule is CP(C)(=O)c1ccc(-c2cnc3nnn(C(Cl)c4ccc5cccn5c4)c3n2)cc1. The first kappa shape index (κ1) is 19.0. The number of nitrogens with zero attached hydrogens (tertiary/aromatic N) is 6. The fourth-order valence-corrected chi connectivity index (χ4v) is 4.47. The van der Waals surface area contributed by atoms with E-state index >= 15 is 0 Å². The molecular weight excluding hydrogens is 419 g/mol. The van der Waals surface area contributed by atoms with Gasteiger partial charge in [0, 0.05) is 34.3 Å². The molecule has 0 bridgehead atoms. The van der Waals surface area contributed by atoms with Gasteiger partial charge in [0.1, 0.15) is 7.14 Å². The molecule has 1 unspecified atom stereocenters. The summed E-state index contributed by atoms with van der Waals surface area (Å²) in [6, 6.07) is 15.5. The minimum atomic E-state index is -2.31. The van der Waals surface area contributed by atoms with Crippen LogP contribution in [-0.4, -0.2) is 42.7 Å². The number of fused-ring (bicyclic) bond motifs is 2. The quantitative estimate of drug-likeness (QED) is 0.312. The minimum absolute atomic E-state index is 0.426. The molecule has 0 N–H and O–H groups in total. The Hall–Kier alpha value is -3.02. The van der Waals surface area contributed by atoms with Crippen molar-refractivity contribution in [2.75, 3.05) is 13.3 Å². The summed E-state index contributed by atoms with van der Waals surface area (Å²) in [5.41, 5.74) is 3.83. The second-order valence-corrected chi connectivity index (χ2v) is 11.1. The smallest absolute Gasteiger partial charge is 0.221 e. The summed E-state index contributed by atoms with van der Waals surface area (Å²) in [5, 5.41) is 9.12. The second kappa shape index (κ2) is 7.04. The van der Waals surface area contributed by atoms with E-state index in [-0.39, 0.29) is 0 Å². The molecule has 0 aliphatic carbocycles. The van der Waals surface area contributed by atoms with Crippen LogP contribution in [0.1, 0.15) is 11.1 Å². The molecule has 9 heteroatoms. The fourth-order valence-electron chi connectivity index (χ4n) is 3.35. The number of alkyl halides is 1. The van der Waals surface area contributed by atoms with Crippen molar-refractivity contribution in [3.05, 3.63) is 72.7 Å². The number of pyridine rings is 1. The van der Waals surface area contributed by atoms with Crippen LogP contribution in [0.2, 0.25) is 0 Å². The van der Waals surface area contributed by atoms with Gasteiger partial charge in [-0.2, -0.15) is 0 Å². The van der Waals surface area contributed by atoms with Crippen molar-refractivity contribution in [2.45, 2.75) is 5.50 Å². The van der Waals surface area contributed by atoms with Crippen molar-refractivity contribution in [3.63, 3.8) is 0 Å². The van der Waals surface area contributed by atoms with E-state index in [1.807, 2.05) is 65.3 Å². The Labute approximate surface area is 177 Å². The zero-order valence-corrected chi connectivity index (χ0v) is 18.0. The molecule has 30 heavy (non-hydrogen) atoms. The van der Waals surface area contributed by atoms with E-state index in [0.717, 1.165) is 21.9 Å². The molecule has 5 aromatic rings. The van der Waals surface area contributed by atoms with E-state index in [1.54, 1.807) is 24.2 Å². The molecule has 0 radical (unpaired) electrons. The van der Waals surface area contributed by atoms with E-state index in [2.05, 4.69) is 15.3 Å². The fraction of sp³-hybridized carbons (Fsp3) is 0.143. The summed E-state index contributed by atoms with van der Waals surface area (Å²) in [5.74, 6) is 0. The van der Waals surface area contributed by atoms with Crippen LogP contribution in [0, 0.1) is 0 Å². The van der Waals surface area contributed by atoms with Gasteiger partial charge in [0.2, 0.25) is 5.65 Å². The van der Waals surface area contributed by atoms with Crippen molar-refractivity contribution < 1.29 is 4.57 Å². The highest BCUT2D eigenvalue weighted by atomic mass is 35.5. The maximum absolute atomic E-state index is 12.3. The summed E-state index contributed by atoms with van der Waals surface area (Å²) in [6.45, 7) is 3.51. The van der Waals surface area contributed by atoms with Crippen LogP contribution in [0.3, 0.4) is 0 Å². The van der Waals surface area contributed by atoms with Gasteiger partial charge in [-0.1, -0.05) is 47.1 Å². The van der Waals surface area contributed by atoms with Gasteiger partial charge < -0.3 is 8.97 Å². The van der Waals surface area contributed by atoms with Crippen molar-refractivity contribution >= 4 is 40.9 Å². The first-order valence-corrected chi connectivity index (χ1v) is 12.4. The Balaban J connectivity index is 1.55. The lowest BCUT2D eigenvalue weighted by Gasteiger charge is -2.11. The molecule has 7 nitrogen and oxygen atoms in total. The number of halogens is 1. The Kier molecular flexibility index (Phi) is 4.45. The molecule has 1 atom stereocenters. The predicted octanol–water partition coefficient (Wildman–Crippen LogP) is 4.17. The number of aromatic nitrogens is 6. The number of benzene rings is 1. The normalized spacial score (nSPS) is 13.2. The Morgan fingerprint density at radius 3 is 2.63 bits per heavy atom. The van der Waals surface area contributed by atoms with Gasteiger partial charge in [0.05, 0.1) is 11.9 Å². The average Bonchev–Trinajstić information content (AvgIpc) is 3.38. The zero-order valence-electron chi connectivity index (χ0n) is 16.3. The molecule has 4 aromatic heterocycles. The molecule has 0 fully saturated rings. The maximum atomic E-state index is 12.3. The summed E-state index contributed by atoms with van der Waals surface area (Å²) < 4.78 is 15.8. The highest BCUT2D eigenvalue weighted by Gasteiger charge is 2.19. The van der Waals surface area contributed by atoms with Crippen LogP contribution in [-0.2, 0) is 4.57 Å². The summed E-state index contributed by atoms with van der Waals surface area (Å²) in [6.07, 6.45) is 5.59. The molecule has 0 aliphatic rings. The van der Waals surface area contributed by atoms with E-state index < -0.39 is 12.6 Å². The van der Waals surface area contributed by atoms with Crippen LogP contribution >= 0.6 is 18.7 Å². The number of hydrogen-bond donors (Lipinski definition) is 0. The van der Waals surface area contributed by atoms with Crippen LogP contribution in [0.15, 0.2) is 67.1 Å². The van der Waals surface area contributed by atoms with Crippen molar-refractivity contribution in [1.82, 2.24) is 29.4 Å². The molecular formula is C21H18ClN6OP. The third kappa shape index (κ3) is 3.30. The predicted molar refractivity (Wildman–Crippen MR) is 119 cm³/mol. The second-order valence-electron chi connectivity index (χ2n) is 7.47. The topological polar surface area (TPSA) is 78.0 Å². The van der Waals surface area contributed by atoms with Crippen molar-refractivity contribution in [1.29, 1.82) is 0 Å². The van der Waals surface area contributed by atoms with Crippen molar-refractivity contribution in [2.24, 2.45) is 0 Å². The van der Waals surface area contributed by atoms with E-state index in [4.69, 9.17) is 16.6 Å². The molecule has 4 heterocycles. The molecule has 0 saturated carbocycles. The van der Waals surface area contributed by atoms with Crippen LogP contribution < -0.4 is 5.30 Å². The van der Waals surface area contributed by atoms with E-state index in [1.165, 1.54) is 0 Å². The van der Waals surface area contributed by atoms with E-state index in [9.17, 15) is 4.57 Å². The molecule has 0 aliphatic heterocycles. The lowest BCUT2D eigenvalue weighted by Crippen LogP contribution is -2.08. The largest absolute Gasteiger partial charge is 0.323 e. The molecule has 0 saturated heterocycles. The first-order valence-electron chi connectivity index (χ1n) is 9.35. The summed E-state index contributed by atoms with van der Waals surface area (Å²) in [7, 11) is -2.31. The average molecular weight is 437 g/mol.